The van der Waals surface area contributed by atoms with Crippen molar-refractivity contribution in [2.75, 3.05) is 6.61 Å². The van der Waals surface area contributed by atoms with Gasteiger partial charge in [-0.15, -0.1) is 0 Å². The summed E-state index contributed by atoms with van der Waals surface area (Å²) < 4.78 is 5.74. The molecule has 0 bridgehead atoms. The van der Waals surface area contributed by atoms with Gasteiger partial charge in [-0.05, 0) is 65.1 Å². The van der Waals surface area contributed by atoms with Gasteiger partial charge in [-0.3, -0.25) is 0 Å². The van der Waals surface area contributed by atoms with Crippen molar-refractivity contribution in [1.29, 1.82) is 0 Å². The predicted octanol–water partition coefficient (Wildman–Crippen LogP) is 7.53. The smallest absolute Gasteiger partial charge is 0.121 e. The second-order valence-electron chi connectivity index (χ2n) is 9.83. The van der Waals surface area contributed by atoms with Crippen LogP contribution in [-0.4, -0.2) is 17.5 Å². The van der Waals surface area contributed by atoms with E-state index in [2.05, 4.69) is 100 Å². The summed E-state index contributed by atoms with van der Waals surface area (Å²) in [6.07, 6.45) is 6.43. The van der Waals surface area contributed by atoms with Crippen LogP contribution in [0.25, 0.3) is 16.8 Å². The van der Waals surface area contributed by atoms with Crippen molar-refractivity contribution < 1.29 is 4.74 Å². The molecule has 0 amide bonds. The van der Waals surface area contributed by atoms with Crippen LogP contribution in [0.1, 0.15) is 51.3 Å². The zero-order valence-corrected chi connectivity index (χ0v) is 20.2. The van der Waals surface area contributed by atoms with Crippen LogP contribution in [0.2, 0.25) is 0 Å². The van der Waals surface area contributed by atoms with Gasteiger partial charge in [0.05, 0.1) is 6.61 Å². The quantitative estimate of drug-likeness (QED) is 0.459. The molecule has 32 heavy (non-hydrogen) atoms. The second kappa shape index (κ2) is 8.50. The molecule has 0 saturated carbocycles. The third kappa shape index (κ3) is 3.95. The first-order valence-electron chi connectivity index (χ1n) is 11.7. The van der Waals surface area contributed by atoms with Gasteiger partial charge in [0.15, 0.2) is 0 Å². The van der Waals surface area contributed by atoms with Gasteiger partial charge in [-0.25, -0.2) is 0 Å². The average molecular weight is 426 g/mol. The molecule has 0 aliphatic carbocycles. The minimum Gasteiger partial charge on any atom is -0.494 e. The van der Waals surface area contributed by atoms with Crippen molar-refractivity contribution in [3.05, 3.63) is 101 Å². The Morgan fingerprint density at radius 2 is 1.81 bits per heavy atom. The lowest BCUT2D eigenvalue weighted by Gasteiger charge is -2.47. The number of hydrogen-bond acceptors (Lipinski definition) is 2. The first-order valence-corrected chi connectivity index (χ1v) is 11.7. The summed E-state index contributed by atoms with van der Waals surface area (Å²) in [5.74, 6) is 0.694. The second-order valence-corrected chi connectivity index (χ2v) is 9.83. The maximum absolute atomic E-state index is 5.74. The highest BCUT2D eigenvalue weighted by atomic mass is 16.5. The third-order valence-electron chi connectivity index (χ3n) is 6.64. The minimum absolute atomic E-state index is 0.0976. The van der Waals surface area contributed by atoms with Crippen LogP contribution in [0.4, 0.5) is 0 Å². The Kier molecular flexibility index (Phi) is 5.90. The molecule has 2 nitrogen and oxygen atoms in total. The molecule has 166 valence electrons. The first-order chi connectivity index (χ1) is 15.2. The Morgan fingerprint density at radius 3 is 2.44 bits per heavy atom. The van der Waals surface area contributed by atoms with Gasteiger partial charge in [0.25, 0.3) is 0 Å². The summed E-state index contributed by atoms with van der Waals surface area (Å²) >= 11 is 0. The predicted molar refractivity (Wildman–Crippen MR) is 136 cm³/mol. The SMILES string of the molecule is C=C1C=C2c3cc(CC)c(-c4ccccc4)cc3CC(C(C)(C)C)N2C=C1C(=C)OCC. The summed E-state index contributed by atoms with van der Waals surface area (Å²) in [5.41, 5.74) is 10.0. The topological polar surface area (TPSA) is 12.5 Å². The van der Waals surface area contributed by atoms with Crippen molar-refractivity contribution >= 4 is 5.70 Å². The molecule has 4 rings (SSSR count). The van der Waals surface area contributed by atoms with E-state index in [1.54, 1.807) is 0 Å². The number of ether oxygens (including phenoxy) is 1. The molecular formula is C30H35NO. The van der Waals surface area contributed by atoms with Crippen LogP contribution in [-0.2, 0) is 17.6 Å². The molecular weight excluding hydrogens is 390 g/mol. The van der Waals surface area contributed by atoms with Gasteiger partial charge >= 0.3 is 0 Å². The van der Waals surface area contributed by atoms with E-state index in [4.69, 9.17) is 4.74 Å². The summed E-state index contributed by atoms with van der Waals surface area (Å²) in [7, 11) is 0. The van der Waals surface area contributed by atoms with Crippen molar-refractivity contribution in [3.8, 4) is 11.1 Å². The van der Waals surface area contributed by atoms with Crippen molar-refractivity contribution in [2.24, 2.45) is 5.41 Å². The molecule has 2 aromatic rings. The van der Waals surface area contributed by atoms with Gasteiger partial charge in [0, 0.05) is 29.1 Å². The van der Waals surface area contributed by atoms with E-state index in [0.29, 0.717) is 18.4 Å². The first kappa shape index (κ1) is 22.2. The number of fused-ring (bicyclic) bond motifs is 3. The van der Waals surface area contributed by atoms with Crippen LogP contribution < -0.4 is 0 Å². The third-order valence-corrected chi connectivity index (χ3v) is 6.64. The lowest BCUT2D eigenvalue weighted by atomic mass is 9.75. The van der Waals surface area contributed by atoms with E-state index in [1.807, 2.05) is 6.92 Å². The highest BCUT2D eigenvalue weighted by molar-refractivity contribution is 5.80. The minimum atomic E-state index is 0.0976. The fourth-order valence-corrected chi connectivity index (χ4v) is 4.89. The van der Waals surface area contributed by atoms with Crippen LogP contribution in [0.5, 0.6) is 0 Å². The van der Waals surface area contributed by atoms with E-state index < -0.39 is 0 Å². The number of rotatable bonds is 5. The average Bonchev–Trinajstić information content (AvgIpc) is 2.77. The van der Waals surface area contributed by atoms with Crippen LogP contribution in [0.15, 0.2) is 84.8 Å². The normalized spacial score (nSPS) is 17.8. The zero-order chi connectivity index (χ0) is 23.0. The van der Waals surface area contributed by atoms with E-state index in [-0.39, 0.29) is 5.41 Å². The monoisotopic (exact) mass is 425 g/mol. The summed E-state index contributed by atoms with van der Waals surface area (Å²) in [6, 6.07) is 15.9. The Balaban J connectivity index is 1.88. The lowest BCUT2D eigenvalue weighted by molar-refractivity contribution is 0.187. The molecule has 0 saturated heterocycles. The molecule has 0 fully saturated rings. The highest BCUT2D eigenvalue weighted by Gasteiger charge is 2.38. The molecule has 2 heteroatoms. The van der Waals surface area contributed by atoms with Gasteiger partial charge in [0.1, 0.15) is 5.76 Å². The van der Waals surface area contributed by atoms with Crippen molar-refractivity contribution in [3.63, 3.8) is 0 Å². The number of aryl methyl sites for hydroxylation is 1. The maximum Gasteiger partial charge on any atom is 0.121 e. The fourth-order valence-electron chi connectivity index (χ4n) is 4.89. The molecule has 0 N–H and O–H groups in total. The molecule has 0 spiro atoms. The lowest BCUT2D eigenvalue weighted by Crippen LogP contribution is -2.45. The molecule has 0 aromatic heterocycles. The summed E-state index contributed by atoms with van der Waals surface area (Å²) in [6.45, 7) is 20.3. The molecule has 2 aliphatic heterocycles. The zero-order valence-electron chi connectivity index (χ0n) is 20.2. The standard InChI is InChI=1S/C30H35NO/c1-8-22-16-26-24(17-25(22)23-13-11-10-12-14-23)18-29(30(5,6)7)31-19-27(21(4)32-9-2)20(3)15-28(26)31/h10-17,19,29H,3-4,8-9,18H2,1-2,5-7H3. The Bertz CT molecular complexity index is 1110. The van der Waals surface area contributed by atoms with Crippen LogP contribution in [0, 0.1) is 5.41 Å². The Morgan fingerprint density at radius 1 is 1.09 bits per heavy atom. The van der Waals surface area contributed by atoms with Crippen LogP contribution in [0.3, 0.4) is 0 Å². The van der Waals surface area contributed by atoms with Gasteiger partial charge in [0.2, 0.25) is 0 Å². The van der Waals surface area contributed by atoms with Crippen molar-refractivity contribution in [2.45, 2.75) is 53.5 Å². The Labute approximate surface area is 193 Å². The largest absolute Gasteiger partial charge is 0.494 e. The van der Waals surface area contributed by atoms with E-state index in [9.17, 15) is 0 Å². The number of nitrogens with zero attached hydrogens (tertiary/aromatic N) is 1. The van der Waals surface area contributed by atoms with E-state index in [1.165, 1.54) is 33.5 Å². The van der Waals surface area contributed by atoms with E-state index in [0.717, 1.165) is 24.0 Å². The molecule has 2 aromatic carbocycles. The molecule has 2 heterocycles. The van der Waals surface area contributed by atoms with E-state index >= 15 is 0 Å². The summed E-state index contributed by atoms with van der Waals surface area (Å²) in [5, 5.41) is 0. The highest BCUT2D eigenvalue weighted by Crippen LogP contribution is 2.45. The van der Waals surface area contributed by atoms with Crippen molar-refractivity contribution in [1.82, 2.24) is 4.90 Å². The Hall–Kier alpha value is -3.00. The maximum atomic E-state index is 5.74. The number of hydrogen-bond donors (Lipinski definition) is 0. The molecule has 2 aliphatic rings. The fraction of sp³-hybridized carbons (Fsp3) is 0.333. The number of benzene rings is 2. The van der Waals surface area contributed by atoms with Gasteiger partial charge in [-0.2, -0.15) is 0 Å². The summed E-state index contributed by atoms with van der Waals surface area (Å²) in [4.78, 5) is 2.44. The van der Waals surface area contributed by atoms with Gasteiger partial charge in [-0.1, -0.05) is 77.3 Å². The number of allylic oxidation sites excluding steroid dienone is 2. The molecule has 1 unspecified atom stereocenters. The molecule has 0 radical (unpaired) electrons. The van der Waals surface area contributed by atoms with Gasteiger partial charge < -0.3 is 9.64 Å². The molecule has 1 atom stereocenters. The van der Waals surface area contributed by atoms with Crippen LogP contribution >= 0.6 is 0 Å².